The summed E-state index contributed by atoms with van der Waals surface area (Å²) in [5.41, 5.74) is 2.57. The monoisotopic (exact) mass is 339 g/mol. The highest BCUT2D eigenvalue weighted by molar-refractivity contribution is 5.81. The fourth-order valence-electron chi connectivity index (χ4n) is 3.46. The lowest BCUT2D eigenvalue weighted by atomic mass is 10.0. The average Bonchev–Trinajstić information content (AvgIpc) is 3.20. The standard InChI is InChI=1S/C19H18FN3O2/c20-14-7-5-13(6-8-14)18-9-15(24)10-23(18)19(25)11-22-12-21-16-3-1-2-4-17(16)22/h1-8,12,15,18,24H,9-11H2. The van der Waals surface area contributed by atoms with Gasteiger partial charge in [0, 0.05) is 6.54 Å². The topological polar surface area (TPSA) is 58.4 Å². The molecule has 0 aliphatic carbocycles. The highest BCUT2D eigenvalue weighted by Crippen LogP contribution is 2.32. The maximum absolute atomic E-state index is 13.2. The number of para-hydroxylation sites is 2. The van der Waals surface area contributed by atoms with E-state index in [2.05, 4.69) is 4.98 Å². The van der Waals surface area contributed by atoms with Gasteiger partial charge >= 0.3 is 0 Å². The molecule has 2 heterocycles. The molecule has 1 aromatic heterocycles. The molecule has 1 saturated heterocycles. The quantitative estimate of drug-likeness (QED) is 0.798. The second-order valence-electron chi connectivity index (χ2n) is 6.36. The van der Waals surface area contributed by atoms with Crippen molar-refractivity contribution in [3.05, 3.63) is 66.2 Å². The molecule has 6 heteroatoms. The van der Waals surface area contributed by atoms with Gasteiger partial charge in [-0.1, -0.05) is 24.3 Å². The number of imidazole rings is 1. The number of hydrogen-bond donors (Lipinski definition) is 1. The van der Waals surface area contributed by atoms with Crippen LogP contribution < -0.4 is 0 Å². The average molecular weight is 339 g/mol. The van der Waals surface area contributed by atoms with Crippen LogP contribution in [0.25, 0.3) is 11.0 Å². The number of carbonyl (C=O) groups excluding carboxylic acids is 1. The Morgan fingerprint density at radius 1 is 1.20 bits per heavy atom. The van der Waals surface area contributed by atoms with Crippen molar-refractivity contribution in [3.63, 3.8) is 0 Å². The van der Waals surface area contributed by atoms with Crippen LogP contribution in [-0.4, -0.2) is 38.1 Å². The van der Waals surface area contributed by atoms with Gasteiger partial charge in [0.15, 0.2) is 0 Å². The molecule has 0 radical (unpaired) electrons. The number of likely N-dealkylation sites (tertiary alicyclic amines) is 1. The molecule has 0 saturated carbocycles. The van der Waals surface area contributed by atoms with E-state index < -0.39 is 6.10 Å². The van der Waals surface area contributed by atoms with Crippen molar-refractivity contribution in [2.24, 2.45) is 0 Å². The third-order valence-corrected chi connectivity index (χ3v) is 4.69. The molecule has 1 fully saturated rings. The van der Waals surface area contributed by atoms with Gasteiger partial charge in [0.05, 0.1) is 29.5 Å². The molecule has 1 aliphatic heterocycles. The SMILES string of the molecule is O=C(Cn1cnc2ccccc21)N1CC(O)CC1c1ccc(F)cc1. The van der Waals surface area contributed by atoms with E-state index in [1.54, 1.807) is 23.4 Å². The molecular formula is C19H18FN3O2. The van der Waals surface area contributed by atoms with E-state index in [1.807, 2.05) is 28.8 Å². The molecule has 5 nitrogen and oxygen atoms in total. The molecule has 4 rings (SSSR count). The predicted molar refractivity (Wildman–Crippen MR) is 91.2 cm³/mol. The lowest BCUT2D eigenvalue weighted by Gasteiger charge is -2.25. The molecule has 128 valence electrons. The molecule has 0 bridgehead atoms. The molecule has 0 spiro atoms. The third-order valence-electron chi connectivity index (χ3n) is 4.69. The summed E-state index contributed by atoms with van der Waals surface area (Å²) >= 11 is 0. The van der Waals surface area contributed by atoms with Crippen molar-refractivity contribution >= 4 is 16.9 Å². The van der Waals surface area contributed by atoms with E-state index in [0.717, 1.165) is 16.6 Å². The van der Waals surface area contributed by atoms with E-state index in [0.29, 0.717) is 6.42 Å². The number of nitrogens with zero attached hydrogens (tertiary/aromatic N) is 3. The smallest absolute Gasteiger partial charge is 0.243 e. The van der Waals surface area contributed by atoms with Crippen molar-refractivity contribution < 1.29 is 14.3 Å². The fraction of sp³-hybridized carbons (Fsp3) is 0.263. The number of halogens is 1. The Bertz CT molecular complexity index is 906. The van der Waals surface area contributed by atoms with Crippen molar-refractivity contribution in [2.75, 3.05) is 6.54 Å². The summed E-state index contributed by atoms with van der Waals surface area (Å²) in [7, 11) is 0. The van der Waals surface area contributed by atoms with Gasteiger partial charge in [0.2, 0.25) is 5.91 Å². The highest BCUT2D eigenvalue weighted by atomic mass is 19.1. The first-order valence-corrected chi connectivity index (χ1v) is 8.24. The molecule has 1 aliphatic rings. The van der Waals surface area contributed by atoms with E-state index in [1.165, 1.54) is 12.1 Å². The van der Waals surface area contributed by atoms with Crippen LogP contribution in [0.5, 0.6) is 0 Å². The zero-order chi connectivity index (χ0) is 17.4. The number of aliphatic hydroxyl groups is 1. The van der Waals surface area contributed by atoms with Gasteiger partial charge in [-0.25, -0.2) is 9.37 Å². The summed E-state index contributed by atoms with van der Waals surface area (Å²) in [6, 6.07) is 13.5. The number of amides is 1. The van der Waals surface area contributed by atoms with Crippen LogP contribution in [0.3, 0.4) is 0 Å². The van der Waals surface area contributed by atoms with Gasteiger partial charge in [-0.2, -0.15) is 0 Å². The predicted octanol–water partition coefficient (Wildman–Crippen LogP) is 2.51. The Labute approximate surface area is 144 Å². The molecule has 1 amide bonds. The lowest BCUT2D eigenvalue weighted by molar-refractivity contribution is -0.133. The number of aliphatic hydroxyl groups excluding tert-OH is 1. The van der Waals surface area contributed by atoms with Crippen LogP contribution in [0.4, 0.5) is 4.39 Å². The summed E-state index contributed by atoms with van der Waals surface area (Å²) in [4.78, 5) is 18.8. The second kappa shape index (κ2) is 6.29. The van der Waals surface area contributed by atoms with Gasteiger partial charge in [-0.3, -0.25) is 4.79 Å². The summed E-state index contributed by atoms with van der Waals surface area (Å²) < 4.78 is 15.0. The van der Waals surface area contributed by atoms with Gasteiger partial charge in [0.1, 0.15) is 12.4 Å². The Balaban J connectivity index is 1.58. The first-order chi connectivity index (χ1) is 12.1. The zero-order valence-electron chi connectivity index (χ0n) is 13.5. The van der Waals surface area contributed by atoms with Crippen LogP contribution in [0, 0.1) is 5.82 Å². The molecule has 2 aromatic carbocycles. The Morgan fingerprint density at radius 2 is 1.96 bits per heavy atom. The molecule has 2 unspecified atom stereocenters. The van der Waals surface area contributed by atoms with Gasteiger partial charge in [-0.15, -0.1) is 0 Å². The maximum atomic E-state index is 13.2. The third kappa shape index (κ3) is 3.00. The van der Waals surface area contributed by atoms with Crippen LogP contribution in [0.15, 0.2) is 54.9 Å². The number of β-amino-alcohol motifs (C(OH)–C–C–N with tert-alkyl or cyclic N) is 1. The minimum atomic E-state index is -0.571. The minimum Gasteiger partial charge on any atom is -0.391 e. The van der Waals surface area contributed by atoms with Gasteiger partial charge < -0.3 is 14.6 Å². The number of aromatic nitrogens is 2. The number of rotatable bonds is 3. The zero-order valence-corrected chi connectivity index (χ0v) is 13.5. The lowest BCUT2D eigenvalue weighted by Crippen LogP contribution is -2.34. The first-order valence-electron chi connectivity index (χ1n) is 8.24. The maximum Gasteiger partial charge on any atom is 0.243 e. The molecule has 3 aromatic rings. The molecule has 25 heavy (non-hydrogen) atoms. The van der Waals surface area contributed by atoms with Crippen LogP contribution >= 0.6 is 0 Å². The Morgan fingerprint density at radius 3 is 2.76 bits per heavy atom. The van der Waals surface area contributed by atoms with Gasteiger partial charge in [0.25, 0.3) is 0 Å². The van der Waals surface area contributed by atoms with E-state index in [9.17, 15) is 14.3 Å². The summed E-state index contributed by atoms with van der Waals surface area (Å²) in [5, 5.41) is 10.0. The molecule has 2 atom stereocenters. The van der Waals surface area contributed by atoms with Crippen LogP contribution in [-0.2, 0) is 11.3 Å². The van der Waals surface area contributed by atoms with Crippen molar-refractivity contribution in [1.29, 1.82) is 0 Å². The second-order valence-corrected chi connectivity index (χ2v) is 6.36. The van der Waals surface area contributed by atoms with E-state index in [-0.39, 0.29) is 30.9 Å². The highest BCUT2D eigenvalue weighted by Gasteiger charge is 2.35. The number of carbonyl (C=O) groups is 1. The van der Waals surface area contributed by atoms with Gasteiger partial charge in [-0.05, 0) is 36.2 Å². The minimum absolute atomic E-state index is 0.0889. The van der Waals surface area contributed by atoms with Crippen LogP contribution in [0.2, 0.25) is 0 Å². The van der Waals surface area contributed by atoms with Crippen molar-refractivity contribution in [1.82, 2.24) is 14.5 Å². The Hall–Kier alpha value is -2.73. The summed E-state index contributed by atoms with van der Waals surface area (Å²) in [6.07, 6.45) is 1.54. The summed E-state index contributed by atoms with van der Waals surface area (Å²) in [6.45, 7) is 0.443. The molecule has 1 N–H and O–H groups in total. The largest absolute Gasteiger partial charge is 0.391 e. The molecular weight excluding hydrogens is 321 g/mol. The van der Waals surface area contributed by atoms with E-state index >= 15 is 0 Å². The first kappa shape index (κ1) is 15.8. The van der Waals surface area contributed by atoms with Crippen LogP contribution in [0.1, 0.15) is 18.0 Å². The van der Waals surface area contributed by atoms with Crippen molar-refractivity contribution in [2.45, 2.75) is 25.1 Å². The van der Waals surface area contributed by atoms with E-state index in [4.69, 9.17) is 0 Å². The number of benzene rings is 2. The number of hydrogen-bond acceptors (Lipinski definition) is 3. The fourth-order valence-corrected chi connectivity index (χ4v) is 3.46. The Kier molecular flexibility index (Phi) is 3.97. The van der Waals surface area contributed by atoms with Crippen molar-refractivity contribution in [3.8, 4) is 0 Å². The summed E-state index contributed by atoms with van der Waals surface area (Å²) in [5.74, 6) is -0.404. The normalized spacial score (nSPS) is 20.3. The number of fused-ring (bicyclic) bond motifs is 1.